The summed E-state index contributed by atoms with van der Waals surface area (Å²) in [6, 6.07) is 1.26. The van der Waals surface area contributed by atoms with Crippen molar-refractivity contribution in [1.82, 2.24) is 9.80 Å². The van der Waals surface area contributed by atoms with Gasteiger partial charge >= 0.3 is 8.56 Å². The highest BCUT2D eigenvalue weighted by atomic mass is 28.4. The van der Waals surface area contributed by atoms with E-state index < -0.39 is 8.56 Å². The molecule has 2 saturated heterocycles. The molecule has 4 amide bonds. The van der Waals surface area contributed by atoms with Crippen molar-refractivity contribution >= 4 is 32.2 Å². The lowest BCUT2D eigenvalue weighted by molar-refractivity contribution is -0.143. The number of carbonyl (C=O) groups is 4. The standard InChI is InChI=1S/C22H38N2O6Si/c1-15(2)23-19(25)13-17(21(23)27)9-7-11-31(29-5,30-6)12-8-10-18-14-20(26)24(16(3)4)22(18)28/h15-18H,7-14H2,1-6H3. The maximum Gasteiger partial charge on any atom is 0.337 e. The Balaban J connectivity index is 1.84. The summed E-state index contributed by atoms with van der Waals surface area (Å²) >= 11 is 0. The molecule has 31 heavy (non-hydrogen) atoms. The Hall–Kier alpha value is -1.58. The average Bonchev–Trinajstić information content (AvgIpc) is 3.14. The number of hydrogen-bond acceptors (Lipinski definition) is 6. The lowest BCUT2D eigenvalue weighted by Crippen LogP contribution is -2.40. The van der Waals surface area contributed by atoms with Crippen LogP contribution >= 0.6 is 0 Å². The Kier molecular flexibility index (Phi) is 8.97. The van der Waals surface area contributed by atoms with Gasteiger partial charge in [0.15, 0.2) is 0 Å². The highest BCUT2D eigenvalue weighted by molar-refractivity contribution is 6.67. The van der Waals surface area contributed by atoms with Crippen molar-refractivity contribution in [3.63, 3.8) is 0 Å². The number of amides is 4. The van der Waals surface area contributed by atoms with Crippen LogP contribution in [0.4, 0.5) is 0 Å². The quantitative estimate of drug-likeness (QED) is 0.332. The van der Waals surface area contributed by atoms with Gasteiger partial charge in [0.25, 0.3) is 0 Å². The summed E-state index contributed by atoms with van der Waals surface area (Å²) in [7, 11) is 0.853. The van der Waals surface area contributed by atoms with E-state index >= 15 is 0 Å². The van der Waals surface area contributed by atoms with Crippen LogP contribution in [0, 0.1) is 11.8 Å². The van der Waals surface area contributed by atoms with E-state index in [1.54, 1.807) is 14.2 Å². The normalized spacial score (nSPS) is 22.7. The van der Waals surface area contributed by atoms with Gasteiger partial charge in [0.1, 0.15) is 0 Å². The van der Waals surface area contributed by atoms with Gasteiger partial charge in [-0.25, -0.2) is 0 Å². The Bertz CT molecular complexity index is 637. The van der Waals surface area contributed by atoms with E-state index in [0.717, 1.165) is 24.9 Å². The molecule has 0 N–H and O–H groups in total. The lowest BCUT2D eigenvalue weighted by Gasteiger charge is -2.28. The molecule has 2 fully saturated rings. The monoisotopic (exact) mass is 454 g/mol. The maximum atomic E-state index is 12.5. The molecule has 176 valence electrons. The lowest BCUT2D eigenvalue weighted by atomic mass is 10.0. The van der Waals surface area contributed by atoms with Crippen LogP contribution in [0.15, 0.2) is 0 Å². The Morgan fingerprint density at radius 3 is 1.39 bits per heavy atom. The number of nitrogens with zero attached hydrogens (tertiary/aromatic N) is 2. The van der Waals surface area contributed by atoms with Crippen LogP contribution in [0.2, 0.25) is 12.1 Å². The molecular weight excluding hydrogens is 416 g/mol. The third-order valence-corrected chi connectivity index (χ3v) is 10.3. The Labute approximate surface area is 186 Å². The molecule has 2 rings (SSSR count). The second kappa shape index (κ2) is 10.8. The second-order valence-electron chi connectivity index (χ2n) is 9.30. The minimum Gasteiger partial charge on any atom is -0.398 e. The van der Waals surface area contributed by atoms with E-state index in [0.29, 0.717) is 12.8 Å². The molecule has 2 aliphatic rings. The van der Waals surface area contributed by atoms with E-state index in [4.69, 9.17) is 8.85 Å². The van der Waals surface area contributed by atoms with Gasteiger partial charge in [-0.2, -0.15) is 0 Å². The summed E-state index contributed by atoms with van der Waals surface area (Å²) in [5.74, 6) is -0.808. The third kappa shape index (κ3) is 5.81. The molecule has 0 aromatic rings. The fourth-order valence-corrected chi connectivity index (χ4v) is 7.54. The fourth-order valence-electron chi connectivity index (χ4n) is 4.82. The van der Waals surface area contributed by atoms with Gasteiger partial charge < -0.3 is 8.85 Å². The van der Waals surface area contributed by atoms with E-state index in [2.05, 4.69) is 0 Å². The van der Waals surface area contributed by atoms with Crippen molar-refractivity contribution < 1.29 is 28.0 Å². The predicted octanol–water partition coefficient (Wildman–Crippen LogP) is 2.85. The molecule has 0 bridgehead atoms. The van der Waals surface area contributed by atoms with Gasteiger partial charge in [0.05, 0.1) is 0 Å². The zero-order valence-corrected chi connectivity index (χ0v) is 20.8. The number of rotatable bonds is 12. The van der Waals surface area contributed by atoms with Gasteiger partial charge in [0.2, 0.25) is 23.6 Å². The molecule has 0 radical (unpaired) electrons. The first-order chi connectivity index (χ1) is 14.6. The van der Waals surface area contributed by atoms with Crippen molar-refractivity contribution in [2.75, 3.05) is 14.2 Å². The number of carbonyl (C=O) groups excluding carboxylic acids is 4. The van der Waals surface area contributed by atoms with Crippen molar-refractivity contribution in [3.8, 4) is 0 Å². The van der Waals surface area contributed by atoms with Crippen molar-refractivity contribution in [2.24, 2.45) is 11.8 Å². The largest absolute Gasteiger partial charge is 0.398 e. The van der Waals surface area contributed by atoms with Crippen molar-refractivity contribution in [1.29, 1.82) is 0 Å². The van der Waals surface area contributed by atoms with Gasteiger partial charge in [0, 0.05) is 51.0 Å². The van der Waals surface area contributed by atoms with Crippen LogP contribution in [-0.4, -0.2) is 68.3 Å². The molecule has 0 aliphatic carbocycles. The molecule has 0 saturated carbocycles. The molecule has 0 spiro atoms. The first kappa shape index (κ1) is 25.7. The molecule has 2 aliphatic heterocycles. The molecule has 0 aromatic carbocycles. The maximum absolute atomic E-state index is 12.5. The molecule has 9 heteroatoms. The minimum atomic E-state index is -2.46. The summed E-state index contributed by atoms with van der Waals surface area (Å²) in [6.45, 7) is 7.42. The van der Waals surface area contributed by atoms with Gasteiger partial charge in [-0.05, 0) is 52.6 Å². The Morgan fingerprint density at radius 1 is 0.774 bits per heavy atom. The molecule has 8 nitrogen and oxygen atoms in total. The number of likely N-dealkylation sites (tertiary alicyclic amines) is 2. The Morgan fingerprint density at radius 2 is 1.13 bits per heavy atom. The van der Waals surface area contributed by atoms with E-state index in [-0.39, 0.29) is 60.4 Å². The molecule has 2 heterocycles. The minimum absolute atomic E-state index is 0.0683. The number of imide groups is 2. The van der Waals surface area contributed by atoms with Crippen molar-refractivity contribution in [3.05, 3.63) is 0 Å². The molecule has 0 aromatic heterocycles. The van der Waals surface area contributed by atoms with Crippen LogP contribution in [0.1, 0.15) is 66.2 Å². The van der Waals surface area contributed by atoms with Crippen LogP contribution < -0.4 is 0 Å². The zero-order valence-electron chi connectivity index (χ0n) is 19.8. The molecular formula is C22H38N2O6Si. The van der Waals surface area contributed by atoms with Crippen LogP contribution in [0.25, 0.3) is 0 Å². The molecule has 2 unspecified atom stereocenters. The average molecular weight is 455 g/mol. The van der Waals surface area contributed by atoms with E-state index in [1.807, 2.05) is 27.7 Å². The first-order valence-corrected chi connectivity index (χ1v) is 13.6. The second-order valence-corrected chi connectivity index (χ2v) is 12.9. The third-order valence-electron chi connectivity index (χ3n) is 6.55. The highest BCUT2D eigenvalue weighted by Crippen LogP contribution is 2.32. The zero-order chi connectivity index (χ0) is 23.3. The fraction of sp³-hybridized carbons (Fsp3) is 0.818. The summed E-state index contributed by atoms with van der Waals surface area (Å²) in [6.07, 6.45) is 3.38. The summed E-state index contributed by atoms with van der Waals surface area (Å²) in [5, 5.41) is 0. The first-order valence-electron chi connectivity index (χ1n) is 11.4. The summed E-state index contributed by atoms with van der Waals surface area (Å²) in [5.41, 5.74) is 0. The highest BCUT2D eigenvalue weighted by Gasteiger charge is 2.42. The summed E-state index contributed by atoms with van der Waals surface area (Å²) < 4.78 is 11.6. The smallest absolute Gasteiger partial charge is 0.337 e. The van der Waals surface area contributed by atoms with E-state index in [9.17, 15) is 19.2 Å². The molecule has 2 atom stereocenters. The van der Waals surface area contributed by atoms with Gasteiger partial charge in [-0.15, -0.1) is 0 Å². The van der Waals surface area contributed by atoms with Gasteiger partial charge in [-0.1, -0.05) is 12.8 Å². The van der Waals surface area contributed by atoms with Crippen LogP contribution in [0.5, 0.6) is 0 Å². The SMILES string of the molecule is CO[Si](CCCC1CC(=O)N(C(C)C)C1=O)(CCCC1CC(=O)N(C(C)C)C1=O)OC. The van der Waals surface area contributed by atoms with Crippen LogP contribution in [0.3, 0.4) is 0 Å². The van der Waals surface area contributed by atoms with Crippen LogP contribution in [-0.2, 0) is 28.0 Å². The summed E-state index contributed by atoms with van der Waals surface area (Å²) in [4.78, 5) is 51.9. The van der Waals surface area contributed by atoms with Crippen molar-refractivity contribution in [2.45, 2.75) is 90.4 Å². The number of hydrogen-bond donors (Lipinski definition) is 0. The predicted molar refractivity (Wildman–Crippen MR) is 118 cm³/mol. The topological polar surface area (TPSA) is 93.2 Å². The van der Waals surface area contributed by atoms with Gasteiger partial charge in [-0.3, -0.25) is 29.0 Å². The van der Waals surface area contributed by atoms with E-state index in [1.165, 1.54) is 9.80 Å².